The summed E-state index contributed by atoms with van der Waals surface area (Å²) in [7, 11) is 3.55. The highest BCUT2D eigenvalue weighted by molar-refractivity contribution is 14.0. The minimum Gasteiger partial charge on any atom is -0.379 e. The highest BCUT2D eigenvalue weighted by atomic mass is 127. The summed E-state index contributed by atoms with van der Waals surface area (Å²) in [5.41, 5.74) is 0.218. The number of hydrogen-bond acceptors (Lipinski definition) is 5. The van der Waals surface area contributed by atoms with Gasteiger partial charge in [-0.2, -0.15) is 0 Å². The Balaban J connectivity index is 0.00000363. The summed E-state index contributed by atoms with van der Waals surface area (Å²) >= 11 is 0. The van der Waals surface area contributed by atoms with Crippen molar-refractivity contribution in [1.29, 1.82) is 0 Å². The molecular weight excluding hydrogens is 521 g/mol. The molecule has 1 spiro atoms. The number of rotatable bonds is 9. The first-order chi connectivity index (χ1) is 15.0. The molecule has 3 rings (SSSR count). The van der Waals surface area contributed by atoms with Crippen molar-refractivity contribution in [3.8, 4) is 0 Å². The van der Waals surface area contributed by atoms with Crippen LogP contribution in [0.25, 0.3) is 0 Å². The number of hydrogen-bond donors (Lipinski definition) is 2. The molecule has 32 heavy (non-hydrogen) atoms. The molecule has 0 aromatic carbocycles. The molecule has 2 N–H and O–H groups in total. The van der Waals surface area contributed by atoms with Gasteiger partial charge in [-0.3, -0.25) is 9.69 Å². The van der Waals surface area contributed by atoms with E-state index in [4.69, 9.17) is 9.47 Å². The van der Waals surface area contributed by atoms with E-state index in [-0.39, 0.29) is 41.8 Å². The third-order valence-electron chi connectivity index (χ3n) is 7.17. The van der Waals surface area contributed by atoms with Crippen LogP contribution >= 0.6 is 24.0 Å². The van der Waals surface area contributed by atoms with E-state index in [1.54, 1.807) is 19.0 Å². The molecule has 1 saturated heterocycles. The van der Waals surface area contributed by atoms with Crippen LogP contribution in [0.3, 0.4) is 0 Å². The predicted molar refractivity (Wildman–Crippen MR) is 139 cm³/mol. The van der Waals surface area contributed by atoms with Gasteiger partial charge in [0.2, 0.25) is 5.91 Å². The van der Waals surface area contributed by atoms with Gasteiger partial charge in [0.25, 0.3) is 0 Å². The van der Waals surface area contributed by atoms with E-state index < -0.39 is 0 Å². The van der Waals surface area contributed by atoms with E-state index >= 15 is 0 Å². The number of morpholine rings is 1. The zero-order valence-electron chi connectivity index (χ0n) is 20.2. The number of amides is 1. The van der Waals surface area contributed by atoms with Crippen molar-refractivity contribution >= 4 is 35.8 Å². The molecule has 1 aliphatic heterocycles. The van der Waals surface area contributed by atoms with Crippen molar-refractivity contribution in [2.45, 2.75) is 64.0 Å². The van der Waals surface area contributed by atoms with Gasteiger partial charge in [-0.1, -0.05) is 19.3 Å². The normalized spacial score (nSPS) is 25.5. The smallest absolute Gasteiger partial charge is 0.243 e. The Morgan fingerprint density at radius 2 is 1.94 bits per heavy atom. The Bertz CT molecular complexity index is 592. The Morgan fingerprint density at radius 1 is 1.22 bits per heavy atom. The molecule has 8 nitrogen and oxygen atoms in total. The molecule has 0 aromatic heterocycles. The first kappa shape index (κ1) is 27.6. The number of halogens is 1. The second-order valence-corrected chi connectivity index (χ2v) is 9.36. The summed E-state index contributed by atoms with van der Waals surface area (Å²) in [6.07, 6.45) is 8.73. The van der Waals surface area contributed by atoms with E-state index in [9.17, 15) is 4.79 Å². The Labute approximate surface area is 211 Å². The van der Waals surface area contributed by atoms with Crippen LogP contribution in [-0.4, -0.2) is 100 Å². The van der Waals surface area contributed by atoms with Crippen LogP contribution in [0.15, 0.2) is 4.99 Å². The van der Waals surface area contributed by atoms with Crippen LogP contribution in [0.5, 0.6) is 0 Å². The lowest BCUT2D eigenvalue weighted by molar-refractivity contribution is -0.145. The van der Waals surface area contributed by atoms with Gasteiger partial charge in [0.15, 0.2) is 5.96 Å². The van der Waals surface area contributed by atoms with Crippen LogP contribution in [-0.2, 0) is 14.3 Å². The minimum absolute atomic E-state index is 0. The zero-order chi connectivity index (χ0) is 22.1. The fourth-order valence-electron chi connectivity index (χ4n) is 5.21. The summed E-state index contributed by atoms with van der Waals surface area (Å²) in [4.78, 5) is 20.8. The fraction of sp³-hybridized carbons (Fsp3) is 0.913. The summed E-state index contributed by atoms with van der Waals surface area (Å²) in [5, 5.41) is 7.18. The lowest BCUT2D eigenvalue weighted by Gasteiger charge is -2.58. The lowest BCUT2D eigenvalue weighted by atomic mass is 9.55. The maximum absolute atomic E-state index is 12.1. The van der Waals surface area contributed by atoms with Crippen molar-refractivity contribution in [3.63, 3.8) is 0 Å². The number of likely N-dealkylation sites (N-methyl/N-ethyl adjacent to an activating group) is 1. The molecule has 9 heteroatoms. The van der Waals surface area contributed by atoms with Gasteiger partial charge in [-0.05, 0) is 39.2 Å². The van der Waals surface area contributed by atoms with Gasteiger partial charge < -0.3 is 25.0 Å². The number of guanidine groups is 1. The molecule has 186 valence electrons. The zero-order valence-corrected chi connectivity index (χ0v) is 22.6. The molecule has 2 saturated carbocycles. The van der Waals surface area contributed by atoms with Crippen LogP contribution in [0.1, 0.15) is 51.9 Å². The van der Waals surface area contributed by atoms with E-state index in [2.05, 4.69) is 27.4 Å². The number of carbonyl (C=O) groups is 1. The standard InChI is InChI=1S/C23H43N5O3.HI/c1-4-31-20-17-19(23(20)9-6-5-7-10-23)26-22(25-18-21(29)27(2)3)24-11-8-12-28-13-15-30-16-14-28;/h19-20H,4-18H2,1-3H3,(H2,24,25,26);1H. The number of aliphatic imine (C=N–C) groups is 1. The highest BCUT2D eigenvalue weighted by Crippen LogP contribution is 2.53. The first-order valence-corrected chi connectivity index (χ1v) is 12.2. The van der Waals surface area contributed by atoms with Crippen LogP contribution in [0.4, 0.5) is 0 Å². The molecule has 2 unspecified atom stereocenters. The van der Waals surface area contributed by atoms with Gasteiger partial charge in [0.1, 0.15) is 6.54 Å². The average Bonchev–Trinajstić information content (AvgIpc) is 2.79. The topological polar surface area (TPSA) is 78.4 Å². The van der Waals surface area contributed by atoms with Gasteiger partial charge in [0, 0.05) is 51.8 Å². The van der Waals surface area contributed by atoms with Crippen molar-refractivity contribution in [3.05, 3.63) is 0 Å². The fourth-order valence-corrected chi connectivity index (χ4v) is 5.21. The lowest BCUT2D eigenvalue weighted by Crippen LogP contribution is -2.66. The molecule has 2 aliphatic carbocycles. The van der Waals surface area contributed by atoms with E-state index in [1.165, 1.54) is 32.1 Å². The van der Waals surface area contributed by atoms with E-state index in [1.807, 2.05) is 0 Å². The van der Waals surface area contributed by atoms with Gasteiger partial charge in [-0.15, -0.1) is 24.0 Å². The molecule has 0 bridgehead atoms. The SMILES string of the molecule is CCOC1CC(NC(=NCC(=O)N(C)C)NCCCN2CCOCC2)C12CCCCC2.I. The molecule has 1 heterocycles. The summed E-state index contributed by atoms with van der Waals surface area (Å²) < 4.78 is 11.5. The molecule has 3 aliphatic rings. The van der Waals surface area contributed by atoms with Crippen molar-refractivity contribution in [2.75, 3.05) is 66.6 Å². The maximum Gasteiger partial charge on any atom is 0.243 e. The van der Waals surface area contributed by atoms with Crippen LogP contribution in [0, 0.1) is 5.41 Å². The summed E-state index contributed by atoms with van der Waals surface area (Å²) in [6, 6.07) is 0.365. The monoisotopic (exact) mass is 565 g/mol. The molecule has 2 atom stereocenters. The highest BCUT2D eigenvalue weighted by Gasteiger charge is 2.55. The summed E-state index contributed by atoms with van der Waals surface area (Å²) in [6.45, 7) is 8.62. The molecule has 3 fully saturated rings. The first-order valence-electron chi connectivity index (χ1n) is 12.2. The number of carbonyl (C=O) groups excluding carboxylic acids is 1. The number of nitrogens with zero attached hydrogens (tertiary/aromatic N) is 3. The van der Waals surface area contributed by atoms with Gasteiger partial charge >= 0.3 is 0 Å². The Kier molecular flexibility index (Phi) is 12.0. The predicted octanol–water partition coefficient (Wildman–Crippen LogP) is 2.08. The second-order valence-electron chi connectivity index (χ2n) is 9.36. The van der Waals surface area contributed by atoms with E-state index in [0.717, 1.165) is 64.8 Å². The Morgan fingerprint density at radius 3 is 2.59 bits per heavy atom. The summed E-state index contributed by atoms with van der Waals surface area (Å²) in [5.74, 6) is 0.782. The van der Waals surface area contributed by atoms with E-state index in [0.29, 0.717) is 12.1 Å². The van der Waals surface area contributed by atoms with Crippen molar-refractivity contribution in [2.24, 2.45) is 10.4 Å². The molecular formula is C23H44IN5O3. The van der Waals surface area contributed by atoms with Gasteiger partial charge in [-0.25, -0.2) is 4.99 Å². The van der Waals surface area contributed by atoms with Crippen molar-refractivity contribution in [1.82, 2.24) is 20.4 Å². The third kappa shape index (κ3) is 7.43. The third-order valence-corrected chi connectivity index (χ3v) is 7.17. The molecule has 0 radical (unpaired) electrons. The van der Waals surface area contributed by atoms with Crippen LogP contribution in [0.2, 0.25) is 0 Å². The largest absolute Gasteiger partial charge is 0.379 e. The Hall–Kier alpha value is -0.650. The number of ether oxygens (including phenoxy) is 2. The van der Waals surface area contributed by atoms with Gasteiger partial charge in [0.05, 0.1) is 19.3 Å². The maximum atomic E-state index is 12.1. The van der Waals surface area contributed by atoms with Crippen LogP contribution < -0.4 is 10.6 Å². The average molecular weight is 566 g/mol. The second kappa shape index (κ2) is 13.9. The molecule has 0 aromatic rings. The quantitative estimate of drug-likeness (QED) is 0.193. The molecule has 1 amide bonds. The number of nitrogens with one attached hydrogen (secondary N) is 2. The minimum atomic E-state index is 0. The van der Waals surface area contributed by atoms with Crippen molar-refractivity contribution < 1.29 is 14.3 Å².